The molecule has 0 aliphatic heterocycles. The van der Waals surface area contributed by atoms with Crippen molar-refractivity contribution >= 4 is 33.0 Å². The van der Waals surface area contributed by atoms with Crippen LogP contribution in [0.15, 0.2) is 59.0 Å². The lowest BCUT2D eigenvalue weighted by atomic mass is 10.0. The lowest BCUT2D eigenvalue weighted by Crippen LogP contribution is -2.12. The topological polar surface area (TPSA) is 110 Å². The Kier molecular flexibility index (Phi) is 3.06. The summed E-state index contributed by atoms with van der Waals surface area (Å²) >= 11 is 0. The third-order valence-electron chi connectivity index (χ3n) is 4.66. The minimum absolute atomic E-state index is 0.135. The molecule has 0 aliphatic carbocycles. The highest BCUT2D eigenvalue weighted by molar-refractivity contribution is 6.17. The molecule has 128 valence electrons. The molecular weight excluding hydrogens is 340 g/mol. The zero-order valence-electron chi connectivity index (χ0n) is 13.9. The summed E-state index contributed by atoms with van der Waals surface area (Å²) in [7, 11) is 0. The summed E-state index contributed by atoms with van der Waals surface area (Å²) in [5, 5.41) is 29.7. The van der Waals surface area contributed by atoms with Crippen LogP contribution in [0.2, 0.25) is 0 Å². The monoisotopic (exact) mass is 352 g/mol. The second-order valence-corrected chi connectivity index (χ2v) is 6.24. The fourth-order valence-corrected chi connectivity index (χ4v) is 3.40. The van der Waals surface area contributed by atoms with Crippen molar-refractivity contribution in [2.75, 3.05) is 0 Å². The number of hydrogen-bond acceptors (Lipinski definition) is 5. The van der Waals surface area contributed by atoms with E-state index in [-0.39, 0.29) is 16.8 Å². The minimum Gasteiger partial charge on any atom is -0.508 e. The number of nitriles is 1. The number of aromatic amines is 1. The molecule has 0 unspecified atom stereocenters. The first-order valence-electron chi connectivity index (χ1n) is 8.28. The number of phenols is 1. The molecule has 6 nitrogen and oxygen atoms in total. The SMILES string of the molecule is N#Cc1c(=N)nc2oc3ccccc3c3cc(-c4ccc(O)cc4)[nH]c1c23. The van der Waals surface area contributed by atoms with Crippen LogP contribution in [0.1, 0.15) is 5.56 Å². The molecule has 6 heteroatoms. The molecule has 0 amide bonds. The molecule has 3 aromatic heterocycles. The fraction of sp³-hybridized carbons (Fsp3) is 0. The highest BCUT2D eigenvalue weighted by Crippen LogP contribution is 2.35. The van der Waals surface area contributed by atoms with E-state index < -0.39 is 0 Å². The van der Waals surface area contributed by atoms with E-state index in [2.05, 4.69) is 16.0 Å². The van der Waals surface area contributed by atoms with Crippen LogP contribution < -0.4 is 5.49 Å². The quantitative estimate of drug-likeness (QED) is 0.310. The predicted octanol–water partition coefficient (Wildman–Crippen LogP) is 4.19. The van der Waals surface area contributed by atoms with E-state index in [1.807, 2.05) is 30.3 Å². The summed E-state index contributed by atoms with van der Waals surface area (Å²) in [6.45, 7) is 0. The van der Waals surface area contributed by atoms with E-state index in [1.54, 1.807) is 24.3 Å². The van der Waals surface area contributed by atoms with E-state index >= 15 is 0 Å². The summed E-state index contributed by atoms with van der Waals surface area (Å²) in [6.07, 6.45) is 0. The van der Waals surface area contributed by atoms with E-state index in [1.165, 1.54) is 0 Å². The normalized spacial score (nSPS) is 11.2. The molecule has 0 radical (unpaired) electrons. The van der Waals surface area contributed by atoms with Gasteiger partial charge in [0.1, 0.15) is 23.0 Å². The summed E-state index contributed by atoms with van der Waals surface area (Å²) < 4.78 is 5.90. The van der Waals surface area contributed by atoms with Crippen LogP contribution in [0.5, 0.6) is 5.75 Å². The highest BCUT2D eigenvalue weighted by atomic mass is 16.3. The second kappa shape index (κ2) is 5.44. The number of nitrogens with one attached hydrogen (secondary N) is 2. The third-order valence-corrected chi connectivity index (χ3v) is 4.66. The van der Waals surface area contributed by atoms with Crippen LogP contribution in [0.3, 0.4) is 0 Å². The van der Waals surface area contributed by atoms with Crippen molar-refractivity contribution in [2.45, 2.75) is 0 Å². The number of rotatable bonds is 1. The molecule has 3 heterocycles. The number of pyridine rings is 2. The molecule has 2 aromatic carbocycles. The van der Waals surface area contributed by atoms with Crippen LogP contribution >= 0.6 is 0 Å². The van der Waals surface area contributed by atoms with E-state index in [0.717, 1.165) is 22.0 Å². The Morgan fingerprint density at radius 2 is 1.85 bits per heavy atom. The first-order valence-corrected chi connectivity index (χ1v) is 8.28. The van der Waals surface area contributed by atoms with Crippen LogP contribution in [0.25, 0.3) is 44.2 Å². The van der Waals surface area contributed by atoms with Gasteiger partial charge in [0.15, 0.2) is 5.49 Å². The maximum atomic E-state index is 9.58. The summed E-state index contributed by atoms with van der Waals surface area (Å²) in [6, 6.07) is 18.5. The van der Waals surface area contributed by atoms with E-state index in [9.17, 15) is 10.4 Å². The predicted molar refractivity (Wildman–Crippen MR) is 101 cm³/mol. The van der Waals surface area contributed by atoms with Gasteiger partial charge in [0.05, 0.1) is 10.9 Å². The Labute approximate surface area is 152 Å². The molecule has 0 bridgehead atoms. The lowest BCUT2D eigenvalue weighted by Gasteiger charge is -2.12. The van der Waals surface area contributed by atoms with Crippen molar-refractivity contribution < 1.29 is 9.52 Å². The lowest BCUT2D eigenvalue weighted by molar-refractivity contribution is 0.475. The summed E-state index contributed by atoms with van der Waals surface area (Å²) in [5.74, 6) is 0.178. The molecule has 0 spiro atoms. The molecule has 0 atom stereocenters. The smallest absolute Gasteiger partial charge is 0.231 e. The molecule has 0 saturated heterocycles. The number of phenolic OH excluding ortho intramolecular Hbond substituents is 1. The molecule has 5 rings (SSSR count). The Balaban J connectivity index is 2.03. The average Bonchev–Trinajstić information content (AvgIpc) is 2.68. The number of aromatic hydroxyl groups is 1. The fourth-order valence-electron chi connectivity index (χ4n) is 3.40. The number of para-hydroxylation sites is 1. The van der Waals surface area contributed by atoms with Gasteiger partial charge < -0.3 is 14.5 Å². The minimum atomic E-state index is -0.135. The Hall–Kier alpha value is -4.11. The maximum Gasteiger partial charge on any atom is 0.231 e. The standard InChI is InChI=1S/C21H12N4O2/c22-10-15-19-18-14(9-16(24-19)11-5-7-12(26)8-6-11)13-3-1-2-4-17(13)27-21(18)25-20(15)23/h1-9,23-24,26H. The van der Waals surface area contributed by atoms with Crippen LogP contribution in [-0.2, 0) is 0 Å². The largest absolute Gasteiger partial charge is 0.508 e. The molecule has 5 aromatic rings. The van der Waals surface area contributed by atoms with Gasteiger partial charge in [-0.1, -0.05) is 18.2 Å². The van der Waals surface area contributed by atoms with Gasteiger partial charge in [-0.2, -0.15) is 10.2 Å². The third kappa shape index (κ3) is 2.19. The van der Waals surface area contributed by atoms with Gasteiger partial charge in [-0.3, -0.25) is 5.41 Å². The van der Waals surface area contributed by atoms with Gasteiger partial charge >= 0.3 is 0 Å². The van der Waals surface area contributed by atoms with Gasteiger partial charge in [0.25, 0.3) is 0 Å². The number of benzene rings is 2. The zero-order valence-corrected chi connectivity index (χ0v) is 13.9. The van der Waals surface area contributed by atoms with Crippen molar-refractivity contribution in [3.63, 3.8) is 0 Å². The van der Waals surface area contributed by atoms with Crippen LogP contribution in [0, 0.1) is 16.7 Å². The van der Waals surface area contributed by atoms with Crippen LogP contribution in [0.4, 0.5) is 0 Å². The van der Waals surface area contributed by atoms with Crippen molar-refractivity contribution in [2.24, 2.45) is 0 Å². The Bertz CT molecular complexity index is 1450. The molecule has 0 aliphatic rings. The van der Waals surface area contributed by atoms with Gasteiger partial charge in [-0.15, -0.1) is 0 Å². The first-order chi connectivity index (χ1) is 13.2. The number of fused-ring (bicyclic) bond motifs is 2. The van der Waals surface area contributed by atoms with E-state index in [0.29, 0.717) is 22.2 Å². The van der Waals surface area contributed by atoms with Crippen LogP contribution in [-0.4, -0.2) is 15.1 Å². The average molecular weight is 352 g/mol. The molecule has 0 fully saturated rings. The zero-order chi connectivity index (χ0) is 18.5. The van der Waals surface area contributed by atoms with Gasteiger partial charge in [0.2, 0.25) is 5.71 Å². The van der Waals surface area contributed by atoms with Gasteiger partial charge in [-0.05, 0) is 42.0 Å². The van der Waals surface area contributed by atoms with Crippen molar-refractivity contribution in [3.8, 4) is 23.1 Å². The summed E-state index contributed by atoms with van der Waals surface area (Å²) in [4.78, 5) is 7.44. The Morgan fingerprint density at radius 3 is 2.63 bits per heavy atom. The first kappa shape index (κ1) is 15.2. The summed E-state index contributed by atoms with van der Waals surface area (Å²) in [5.41, 5.74) is 3.14. The molecule has 27 heavy (non-hydrogen) atoms. The number of aromatic nitrogens is 2. The van der Waals surface area contributed by atoms with Gasteiger partial charge in [-0.25, -0.2) is 0 Å². The second-order valence-electron chi connectivity index (χ2n) is 6.24. The number of hydrogen-bond donors (Lipinski definition) is 3. The maximum absolute atomic E-state index is 9.58. The van der Waals surface area contributed by atoms with E-state index in [4.69, 9.17) is 9.83 Å². The Morgan fingerprint density at radius 1 is 1.07 bits per heavy atom. The highest BCUT2D eigenvalue weighted by Gasteiger charge is 2.17. The molecule has 3 N–H and O–H groups in total. The van der Waals surface area contributed by atoms with Crippen molar-refractivity contribution in [3.05, 3.63) is 65.6 Å². The number of nitrogens with zero attached hydrogens (tertiary/aromatic N) is 2. The van der Waals surface area contributed by atoms with Crippen molar-refractivity contribution in [1.29, 1.82) is 10.7 Å². The van der Waals surface area contributed by atoms with Crippen molar-refractivity contribution in [1.82, 2.24) is 9.97 Å². The van der Waals surface area contributed by atoms with Gasteiger partial charge in [0, 0.05) is 16.5 Å². The molecule has 0 saturated carbocycles. The number of H-pyrrole nitrogens is 1. The molecular formula is C21H12N4O2.